The molecule has 2 aromatic carbocycles. The van der Waals surface area contributed by atoms with Crippen molar-refractivity contribution in [2.24, 2.45) is 0 Å². The molecule has 1 aliphatic rings. The van der Waals surface area contributed by atoms with E-state index in [1.165, 1.54) is 0 Å². The Bertz CT molecular complexity index is 1330. The molecule has 4 aromatic rings. The van der Waals surface area contributed by atoms with Crippen LogP contribution in [-0.4, -0.2) is 44.9 Å². The highest BCUT2D eigenvalue weighted by molar-refractivity contribution is 6.33. The number of hydrogen-bond acceptors (Lipinski definition) is 5. The van der Waals surface area contributed by atoms with E-state index in [0.717, 1.165) is 34.9 Å². The fourth-order valence-electron chi connectivity index (χ4n) is 4.29. The van der Waals surface area contributed by atoms with Gasteiger partial charge in [0.05, 0.1) is 16.9 Å². The highest BCUT2D eigenvalue weighted by atomic mass is 35.5. The Morgan fingerprint density at radius 3 is 2.79 bits per heavy atom. The summed E-state index contributed by atoms with van der Waals surface area (Å²) < 4.78 is 0. The maximum atomic E-state index is 12.9. The van der Waals surface area contributed by atoms with Gasteiger partial charge < -0.3 is 20.9 Å². The van der Waals surface area contributed by atoms with Crippen molar-refractivity contribution in [3.63, 3.8) is 0 Å². The van der Waals surface area contributed by atoms with Crippen molar-refractivity contribution in [1.29, 1.82) is 0 Å². The predicted octanol–water partition coefficient (Wildman–Crippen LogP) is 4.89. The number of halogens is 1. The molecule has 0 spiro atoms. The SMILES string of the molecule is Cc1cc(C(=O)N2CCC(Nc3ncc(Cl)c(-c4c[nH]c5ccccc45)n3)CC2)ccc1N. The van der Waals surface area contributed by atoms with Gasteiger partial charge in [0.25, 0.3) is 5.91 Å². The van der Waals surface area contributed by atoms with Crippen LogP contribution in [-0.2, 0) is 0 Å². The summed E-state index contributed by atoms with van der Waals surface area (Å²) in [6.07, 6.45) is 5.18. The Kier molecular flexibility index (Phi) is 5.64. The third kappa shape index (κ3) is 4.24. The van der Waals surface area contributed by atoms with Gasteiger partial charge in [0.15, 0.2) is 0 Å². The summed E-state index contributed by atoms with van der Waals surface area (Å²) in [7, 11) is 0. The second-order valence-corrected chi connectivity index (χ2v) is 8.83. The number of para-hydroxylation sites is 1. The van der Waals surface area contributed by atoms with Crippen LogP contribution in [0.25, 0.3) is 22.2 Å². The lowest BCUT2D eigenvalue weighted by Gasteiger charge is -2.32. The van der Waals surface area contributed by atoms with Crippen molar-refractivity contribution >= 4 is 40.0 Å². The van der Waals surface area contributed by atoms with Gasteiger partial charge in [-0.25, -0.2) is 9.97 Å². The van der Waals surface area contributed by atoms with Crippen LogP contribution in [0.5, 0.6) is 0 Å². The molecule has 1 saturated heterocycles. The monoisotopic (exact) mass is 460 g/mol. The van der Waals surface area contributed by atoms with Gasteiger partial charge in [0.1, 0.15) is 0 Å². The van der Waals surface area contributed by atoms with Crippen molar-refractivity contribution < 1.29 is 4.79 Å². The van der Waals surface area contributed by atoms with E-state index in [1.54, 1.807) is 18.3 Å². The van der Waals surface area contributed by atoms with Gasteiger partial charge in [0.2, 0.25) is 5.95 Å². The van der Waals surface area contributed by atoms with Crippen LogP contribution in [0.1, 0.15) is 28.8 Å². The minimum absolute atomic E-state index is 0.0425. The minimum Gasteiger partial charge on any atom is -0.399 e. The van der Waals surface area contributed by atoms with Crippen molar-refractivity contribution in [3.8, 4) is 11.3 Å². The number of anilines is 2. The average Bonchev–Trinajstić information content (AvgIpc) is 3.26. The van der Waals surface area contributed by atoms with Gasteiger partial charge in [-0.05, 0) is 49.6 Å². The first-order valence-corrected chi connectivity index (χ1v) is 11.4. The molecule has 7 nitrogen and oxygen atoms in total. The molecule has 1 fully saturated rings. The largest absolute Gasteiger partial charge is 0.399 e. The van der Waals surface area contributed by atoms with Gasteiger partial charge in [-0.3, -0.25) is 4.79 Å². The second-order valence-electron chi connectivity index (χ2n) is 8.42. The molecule has 3 heterocycles. The molecule has 8 heteroatoms. The number of aromatic amines is 1. The van der Waals surface area contributed by atoms with Crippen molar-refractivity contribution in [1.82, 2.24) is 19.9 Å². The summed E-state index contributed by atoms with van der Waals surface area (Å²) >= 11 is 6.45. The summed E-state index contributed by atoms with van der Waals surface area (Å²) in [4.78, 5) is 27.1. The zero-order valence-electron chi connectivity index (χ0n) is 18.3. The highest BCUT2D eigenvalue weighted by Crippen LogP contribution is 2.32. The predicted molar refractivity (Wildman–Crippen MR) is 132 cm³/mol. The van der Waals surface area contributed by atoms with Gasteiger partial charge in [-0.15, -0.1) is 0 Å². The lowest BCUT2D eigenvalue weighted by Crippen LogP contribution is -2.42. The summed E-state index contributed by atoms with van der Waals surface area (Å²) in [5, 5.41) is 5.00. The molecule has 1 aliphatic heterocycles. The van der Waals surface area contributed by atoms with Crippen LogP contribution in [0.4, 0.5) is 11.6 Å². The van der Waals surface area contributed by atoms with E-state index < -0.39 is 0 Å². The lowest BCUT2D eigenvalue weighted by molar-refractivity contribution is 0.0718. The molecule has 0 saturated carbocycles. The topological polar surface area (TPSA) is 99.9 Å². The van der Waals surface area contributed by atoms with Crippen LogP contribution in [0.2, 0.25) is 5.02 Å². The smallest absolute Gasteiger partial charge is 0.253 e. The fraction of sp³-hybridized carbons (Fsp3) is 0.240. The molecule has 0 atom stereocenters. The van der Waals surface area contributed by atoms with Gasteiger partial charge in [-0.2, -0.15) is 0 Å². The fourth-order valence-corrected chi connectivity index (χ4v) is 4.49. The average molecular weight is 461 g/mol. The zero-order chi connectivity index (χ0) is 22.9. The number of aryl methyl sites for hydroxylation is 1. The molecule has 0 bridgehead atoms. The third-order valence-electron chi connectivity index (χ3n) is 6.22. The summed E-state index contributed by atoms with van der Waals surface area (Å²) in [6, 6.07) is 13.7. The molecular weight excluding hydrogens is 436 g/mol. The van der Waals surface area contributed by atoms with E-state index in [-0.39, 0.29) is 11.9 Å². The number of aromatic nitrogens is 3. The molecular formula is C25H25ClN6O. The van der Waals surface area contributed by atoms with E-state index in [9.17, 15) is 4.79 Å². The Labute approximate surface area is 197 Å². The molecule has 2 aromatic heterocycles. The number of likely N-dealkylation sites (tertiary alicyclic amines) is 1. The number of nitrogens with two attached hydrogens (primary N) is 1. The molecule has 4 N–H and O–H groups in total. The first-order chi connectivity index (χ1) is 16.0. The van der Waals surface area contributed by atoms with Crippen molar-refractivity contribution in [3.05, 3.63) is 71.0 Å². The molecule has 0 aliphatic carbocycles. The number of nitrogen functional groups attached to an aromatic ring is 1. The third-order valence-corrected chi connectivity index (χ3v) is 6.50. The van der Waals surface area contributed by atoms with Crippen LogP contribution in [0.3, 0.4) is 0 Å². The van der Waals surface area contributed by atoms with Gasteiger partial charge >= 0.3 is 0 Å². The Morgan fingerprint density at radius 2 is 2.00 bits per heavy atom. The number of benzene rings is 2. The Balaban J connectivity index is 1.27. The number of fused-ring (bicyclic) bond motifs is 1. The first-order valence-electron chi connectivity index (χ1n) is 11.0. The maximum absolute atomic E-state index is 12.9. The zero-order valence-corrected chi connectivity index (χ0v) is 19.1. The number of nitrogens with zero attached hydrogens (tertiary/aromatic N) is 3. The van der Waals surface area contributed by atoms with Crippen LogP contribution < -0.4 is 11.1 Å². The van der Waals surface area contributed by atoms with Crippen LogP contribution >= 0.6 is 11.6 Å². The highest BCUT2D eigenvalue weighted by Gasteiger charge is 2.24. The molecule has 5 rings (SSSR count). The Hall–Kier alpha value is -3.58. The number of carbonyl (C=O) groups is 1. The van der Waals surface area contributed by atoms with Crippen molar-refractivity contribution in [2.75, 3.05) is 24.1 Å². The molecule has 1 amide bonds. The van der Waals surface area contributed by atoms with E-state index in [0.29, 0.717) is 41.0 Å². The molecule has 0 radical (unpaired) electrons. The van der Waals surface area contributed by atoms with E-state index in [4.69, 9.17) is 22.3 Å². The molecule has 168 valence electrons. The number of amides is 1. The normalized spacial score (nSPS) is 14.5. The van der Waals surface area contributed by atoms with Gasteiger partial charge in [-0.1, -0.05) is 29.8 Å². The summed E-state index contributed by atoms with van der Waals surface area (Å²) in [5.41, 5.74) is 10.8. The number of carbonyl (C=O) groups excluding carboxylic acids is 1. The Morgan fingerprint density at radius 1 is 1.21 bits per heavy atom. The first kappa shape index (κ1) is 21.3. The van der Waals surface area contributed by atoms with Gasteiger partial charge in [0, 0.05) is 53.0 Å². The van der Waals surface area contributed by atoms with Crippen LogP contribution in [0.15, 0.2) is 54.9 Å². The van der Waals surface area contributed by atoms with Crippen LogP contribution in [0, 0.1) is 6.92 Å². The number of nitrogens with one attached hydrogen (secondary N) is 2. The molecule has 33 heavy (non-hydrogen) atoms. The number of rotatable bonds is 4. The summed E-state index contributed by atoms with van der Waals surface area (Å²) in [5.74, 6) is 0.583. The summed E-state index contributed by atoms with van der Waals surface area (Å²) in [6.45, 7) is 3.25. The van der Waals surface area contributed by atoms with E-state index in [2.05, 4.69) is 15.3 Å². The number of hydrogen-bond donors (Lipinski definition) is 3. The quantitative estimate of drug-likeness (QED) is 0.377. The number of H-pyrrole nitrogens is 1. The second kappa shape index (κ2) is 8.75. The van der Waals surface area contributed by atoms with E-state index >= 15 is 0 Å². The molecule has 0 unspecified atom stereocenters. The van der Waals surface area contributed by atoms with E-state index in [1.807, 2.05) is 48.4 Å². The number of piperidine rings is 1. The van der Waals surface area contributed by atoms with Crippen molar-refractivity contribution in [2.45, 2.75) is 25.8 Å². The maximum Gasteiger partial charge on any atom is 0.253 e. The minimum atomic E-state index is 0.0425. The lowest BCUT2D eigenvalue weighted by atomic mass is 10.0. The standard InChI is InChI=1S/C25H25ClN6O/c1-15-12-16(6-7-21(15)27)24(33)32-10-8-17(9-11-32)30-25-29-14-20(26)23(31-25)19-13-28-22-5-3-2-4-18(19)22/h2-7,12-14,17,28H,8-11,27H2,1H3,(H,29,30,31).